The van der Waals surface area contributed by atoms with Crippen LogP contribution >= 0.6 is 0 Å². The Labute approximate surface area is 114 Å². The van der Waals surface area contributed by atoms with E-state index in [0.717, 1.165) is 25.7 Å². The zero-order chi connectivity index (χ0) is 13.7. The highest BCUT2D eigenvalue weighted by Crippen LogP contribution is 2.20. The molecule has 0 unspecified atom stereocenters. The fourth-order valence-electron chi connectivity index (χ4n) is 2.70. The number of aryl methyl sites for hydroxylation is 1. The van der Waals surface area contributed by atoms with Gasteiger partial charge in [0, 0.05) is 37.9 Å². The van der Waals surface area contributed by atoms with Gasteiger partial charge in [-0.3, -0.25) is 4.79 Å². The van der Waals surface area contributed by atoms with Crippen molar-refractivity contribution in [3.05, 3.63) is 33.7 Å². The largest absolute Gasteiger partial charge is 0.353 e. The van der Waals surface area contributed by atoms with Crippen LogP contribution in [0.15, 0.2) is 16.9 Å². The number of aromatic nitrogens is 1. The summed E-state index contributed by atoms with van der Waals surface area (Å²) >= 11 is 0. The summed E-state index contributed by atoms with van der Waals surface area (Å²) in [4.78, 5) is 12.0. The molecule has 0 spiro atoms. The highest BCUT2D eigenvalue weighted by atomic mass is 16.7. The average Bonchev–Trinajstić information content (AvgIpc) is 2.86. The summed E-state index contributed by atoms with van der Waals surface area (Å²) in [5.41, 5.74) is 2.62. The Morgan fingerprint density at radius 1 is 1.21 bits per heavy atom. The van der Waals surface area contributed by atoms with Gasteiger partial charge in [-0.2, -0.15) is 0 Å². The number of hydrogen-bond donors (Lipinski definition) is 0. The van der Waals surface area contributed by atoms with E-state index in [1.807, 2.05) is 24.5 Å². The summed E-state index contributed by atoms with van der Waals surface area (Å²) in [6.07, 6.45) is 3.77. The van der Waals surface area contributed by atoms with Crippen molar-refractivity contribution < 1.29 is 9.47 Å². The summed E-state index contributed by atoms with van der Waals surface area (Å²) in [6, 6.07) is 3.66. The molecule has 0 amide bonds. The Balaban J connectivity index is 2.06. The Morgan fingerprint density at radius 2 is 1.95 bits per heavy atom. The third-order valence-corrected chi connectivity index (χ3v) is 3.54. The molecule has 0 aliphatic heterocycles. The maximum Gasteiger partial charge on any atom is 0.250 e. The predicted octanol–water partition coefficient (Wildman–Crippen LogP) is 2.13. The van der Waals surface area contributed by atoms with Crippen LogP contribution in [0.25, 0.3) is 0 Å². The first kappa shape index (κ1) is 14.3. The zero-order valence-corrected chi connectivity index (χ0v) is 11.9. The number of hydrogen-bond acceptors (Lipinski definition) is 3. The Kier molecular flexibility index (Phi) is 5.16. The summed E-state index contributed by atoms with van der Waals surface area (Å²) in [6.45, 7) is 5.85. The van der Waals surface area contributed by atoms with E-state index in [1.165, 1.54) is 11.3 Å². The monoisotopic (exact) mass is 265 g/mol. The molecule has 0 atom stereocenters. The highest BCUT2D eigenvalue weighted by Gasteiger charge is 2.17. The fourth-order valence-corrected chi connectivity index (χ4v) is 2.70. The van der Waals surface area contributed by atoms with Gasteiger partial charge in [-0.25, -0.2) is 0 Å². The van der Waals surface area contributed by atoms with Crippen LogP contribution in [0.5, 0.6) is 0 Å². The quantitative estimate of drug-likeness (QED) is 0.709. The van der Waals surface area contributed by atoms with Gasteiger partial charge in [0.2, 0.25) is 0 Å². The molecule has 0 fully saturated rings. The smallest absolute Gasteiger partial charge is 0.250 e. The van der Waals surface area contributed by atoms with Crippen LogP contribution in [0.2, 0.25) is 0 Å². The van der Waals surface area contributed by atoms with E-state index in [4.69, 9.17) is 9.47 Å². The summed E-state index contributed by atoms with van der Waals surface area (Å²) in [5.74, 6) is 0. The molecular formula is C15H23NO3. The minimum Gasteiger partial charge on any atom is -0.353 e. The minimum atomic E-state index is -0.209. The maximum absolute atomic E-state index is 12.0. The zero-order valence-electron chi connectivity index (χ0n) is 11.9. The molecule has 106 valence electrons. The van der Waals surface area contributed by atoms with Crippen LogP contribution in [0, 0.1) is 0 Å². The second-order valence-electron chi connectivity index (χ2n) is 4.78. The first-order valence-corrected chi connectivity index (χ1v) is 7.21. The summed E-state index contributed by atoms with van der Waals surface area (Å²) < 4.78 is 12.9. The predicted molar refractivity (Wildman–Crippen MR) is 74.4 cm³/mol. The van der Waals surface area contributed by atoms with Crippen molar-refractivity contribution >= 4 is 0 Å². The average molecular weight is 265 g/mol. The van der Waals surface area contributed by atoms with Gasteiger partial charge in [-0.05, 0) is 38.7 Å². The van der Waals surface area contributed by atoms with E-state index in [-0.39, 0.29) is 11.8 Å². The van der Waals surface area contributed by atoms with E-state index in [1.54, 1.807) is 6.07 Å². The van der Waals surface area contributed by atoms with Crippen LogP contribution in [0.3, 0.4) is 0 Å². The van der Waals surface area contributed by atoms with Gasteiger partial charge in [-0.1, -0.05) is 6.07 Å². The molecular weight excluding hydrogens is 242 g/mol. The van der Waals surface area contributed by atoms with Crippen LogP contribution in [-0.2, 0) is 28.9 Å². The molecule has 1 aromatic rings. The standard InChI is InChI=1S/C15H23NO3/c1-3-18-15(19-4-2)10-11-16-13-7-5-6-12(13)8-9-14(16)17/h8-9,15H,3-7,10-11H2,1-2H3. The molecule has 19 heavy (non-hydrogen) atoms. The Bertz CT molecular complexity index is 461. The molecule has 1 aliphatic carbocycles. The van der Waals surface area contributed by atoms with Crippen molar-refractivity contribution in [3.8, 4) is 0 Å². The number of ether oxygens (including phenoxy) is 2. The Hall–Kier alpha value is -1.13. The summed E-state index contributed by atoms with van der Waals surface area (Å²) in [5, 5.41) is 0. The van der Waals surface area contributed by atoms with Gasteiger partial charge in [0.15, 0.2) is 6.29 Å². The van der Waals surface area contributed by atoms with E-state index in [0.29, 0.717) is 19.8 Å². The van der Waals surface area contributed by atoms with Crippen LogP contribution in [-0.4, -0.2) is 24.1 Å². The normalized spacial score (nSPS) is 14.1. The molecule has 1 heterocycles. The van der Waals surface area contributed by atoms with Gasteiger partial charge >= 0.3 is 0 Å². The lowest BCUT2D eigenvalue weighted by molar-refractivity contribution is -0.141. The van der Waals surface area contributed by atoms with E-state index >= 15 is 0 Å². The third kappa shape index (κ3) is 3.45. The first-order chi connectivity index (χ1) is 9.26. The van der Waals surface area contributed by atoms with Gasteiger partial charge in [0.25, 0.3) is 5.56 Å². The maximum atomic E-state index is 12.0. The van der Waals surface area contributed by atoms with Crippen molar-refractivity contribution in [2.45, 2.75) is 52.4 Å². The molecule has 1 aromatic heterocycles. The molecule has 2 rings (SSSR count). The van der Waals surface area contributed by atoms with Crippen molar-refractivity contribution in [2.24, 2.45) is 0 Å². The molecule has 4 heteroatoms. The van der Waals surface area contributed by atoms with E-state index in [2.05, 4.69) is 0 Å². The van der Waals surface area contributed by atoms with Gasteiger partial charge in [0.05, 0.1) is 0 Å². The summed E-state index contributed by atoms with van der Waals surface area (Å²) in [7, 11) is 0. The van der Waals surface area contributed by atoms with Crippen LogP contribution in [0.4, 0.5) is 0 Å². The van der Waals surface area contributed by atoms with E-state index < -0.39 is 0 Å². The second-order valence-corrected chi connectivity index (χ2v) is 4.78. The van der Waals surface area contributed by atoms with Crippen LogP contribution in [0.1, 0.15) is 37.9 Å². The third-order valence-electron chi connectivity index (χ3n) is 3.54. The number of nitrogens with zero attached hydrogens (tertiary/aromatic N) is 1. The lowest BCUT2D eigenvalue weighted by Crippen LogP contribution is -2.27. The molecule has 0 saturated carbocycles. The van der Waals surface area contributed by atoms with Crippen molar-refractivity contribution in [1.29, 1.82) is 0 Å². The first-order valence-electron chi connectivity index (χ1n) is 7.21. The SMILES string of the molecule is CCOC(CCn1c2c(ccc1=O)CCC2)OCC. The van der Waals surface area contributed by atoms with Crippen molar-refractivity contribution in [3.63, 3.8) is 0 Å². The topological polar surface area (TPSA) is 40.5 Å². The van der Waals surface area contributed by atoms with Crippen molar-refractivity contribution in [2.75, 3.05) is 13.2 Å². The highest BCUT2D eigenvalue weighted by molar-refractivity contribution is 5.25. The molecule has 0 aromatic carbocycles. The molecule has 4 nitrogen and oxygen atoms in total. The molecule has 0 N–H and O–H groups in total. The molecule has 0 saturated heterocycles. The van der Waals surface area contributed by atoms with Gasteiger partial charge in [-0.15, -0.1) is 0 Å². The number of fused-ring (bicyclic) bond motifs is 1. The Morgan fingerprint density at radius 3 is 2.63 bits per heavy atom. The van der Waals surface area contributed by atoms with E-state index in [9.17, 15) is 4.79 Å². The van der Waals surface area contributed by atoms with Gasteiger partial charge in [0.1, 0.15) is 0 Å². The van der Waals surface area contributed by atoms with Crippen molar-refractivity contribution in [1.82, 2.24) is 4.57 Å². The van der Waals surface area contributed by atoms with Crippen LogP contribution < -0.4 is 5.56 Å². The number of pyridine rings is 1. The molecule has 0 radical (unpaired) electrons. The molecule has 1 aliphatic rings. The lowest BCUT2D eigenvalue weighted by Gasteiger charge is -2.18. The number of rotatable bonds is 7. The fraction of sp³-hybridized carbons (Fsp3) is 0.667. The minimum absolute atomic E-state index is 0.0902. The molecule has 0 bridgehead atoms. The second kappa shape index (κ2) is 6.87. The lowest BCUT2D eigenvalue weighted by atomic mass is 10.2. The van der Waals surface area contributed by atoms with Gasteiger partial charge < -0.3 is 14.0 Å².